The number of methoxy groups -OCH3 is 1. The summed E-state index contributed by atoms with van der Waals surface area (Å²) in [5, 5.41) is 11.6. The standard InChI is InChI=1S/C20H22N2O3/c1-24-19-12-10-15(13-20(19)25-18-7-2-3-8-18)9-11-16-5-4-6-17(22-16)14-21-23/h4-6,9-14,18,23H,2-3,7-8H2,1H3/b11-9+,21-14+. The predicted octanol–water partition coefficient (Wildman–Crippen LogP) is 4.39. The number of nitrogens with zero attached hydrogens (tertiary/aromatic N) is 2. The Hall–Kier alpha value is -2.82. The molecule has 1 fully saturated rings. The molecule has 2 aromatic rings. The van der Waals surface area contributed by atoms with Gasteiger partial charge < -0.3 is 14.7 Å². The van der Waals surface area contributed by atoms with Gasteiger partial charge in [-0.25, -0.2) is 4.98 Å². The average Bonchev–Trinajstić information content (AvgIpc) is 3.14. The molecule has 3 rings (SSSR count). The van der Waals surface area contributed by atoms with E-state index in [-0.39, 0.29) is 6.10 Å². The second-order valence-corrected chi connectivity index (χ2v) is 6.00. The molecular formula is C20H22N2O3. The molecule has 1 N–H and O–H groups in total. The van der Waals surface area contributed by atoms with Crippen molar-refractivity contribution in [1.82, 2.24) is 4.98 Å². The van der Waals surface area contributed by atoms with E-state index >= 15 is 0 Å². The zero-order valence-electron chi connectivity index (χ0n) is 14.3. The van der Waals surface area contributed by atoms with E-state index in [1.54, 1.807) is 13.2 Å². The second kappa shape index (κ2) is 8.33. The van der Waals surface area contributed by atoms with E-state index in [2.05, 4.69) is 10.1 Å². The lowest BCUT2D eigenvalue weighted by Crippen LogP contribution is -2.11. The van der Waals surface area contributed by atoms with Gasteiger partial charge in [0.05, 0.1) is 30.8 Å². The molecule has 0 bridgehead atoms. The summed E-state index contributed by atoms with van der Waals surface area (Å²) >= 11 is 0. The first kappa shape index (κ1) is 17.0. The Labute approximate surface area is 147 Å². The molecule has 0 aliphatic heterocycles. The van der Waals surface area contributed by atoms with E-state index in [1.807, 2.05) is 42.5 Å². The molecule has 1 aliphatic rings. The van der Waals surface area contributed by atoms with Crippen molar-refractivity contribution in [1.29, 1.82) is 0 Å². The van der Waals surface area contributed by atoms with Gasteiger partial charge in [0.25, 0.3) is 0 Å². The molecule has 1 aliphatic carbocycles. The molecule has 0 unspecified atom stereocenters. The average molecular weight is 338 g/mol. The molecule has 1 heterocycles. The molecule has 0 saturated heterocycles. The van der Waals surface area contributed by atoms with E-state index < -0.39 is 0 Å². The Morgan fingerprint density at radius 3 is 2.64 bits per heavy atom. The fourth-order valence-corrected chi connectivity index (χ4v) is 2.95. The zero-order valence-corrected chi connectivity index (χ0v) is 14.3. The first-order valence-electron chi connectivity index (χ1n) is 8.46. The summed E-state index contributed by atoms with van der Waals surface area (Å²) in [6, 6.07) is 11.4. The van der Waals surface area contributed by atoms with Crippen molar-refractivity contribution in [3.63, 3.8) is 0 Å². The fourth-order valence-electron chi connectivity index (χ4n) is 2.95. The van der Waals surface area contributed by atoms with Crippen molar-refractivity contribution in [2.45, 2.75) is 31.8 Å². The van der Waals surface area contributed by atoms with Crippen molar-refractivity contribution in [2.75, 3.05) is 7.11 Å². The number of aromatic nitrogens is 1. The minimum Gasteiger partial charge on any atom is -0.493 e. The summed E-state index contributed by atoms with van der Waals surface area (Å²) in [5.74, 6) is 1.54. The van der Waals surface area contributed by atoms with Gasteiger partial charge in [-0.2, -0.15) is 0 Å². The number of hydrogen-bond donors (Lipinski definition) is 1. The molecule has 130 valence electrons. The topological polar surface area (TPSA) is 63.9 Å². The minimum atomic E-state index is 0.282. The highest BCUT2D eigenvalue weighted by atomic mass is 16.5. The summed E-state index contributed by atoms with van der Waals surface area (Å²) < 4.78 is 11.5. The monoisotopic (exact) mass is 338 g/mol. The Balaban J connectivity index is 1.78. The minimum absolute atomic E-state index is 0.282. The third-order valence-corrected chi connectivity index (χ3v) is 4.21. The third-order valence-electron chi connectivity index (χ3n) is 4.21. The molecule has 1 aromatic carbocycles. The van der Waals surface area contributed by atoms with E-state index in [9.17, 15) is 0 Å². The van der Waals surface area contributed by atoms with Crippen LogP contribution < -0.4 is 9.47 Å². The quantitative estimate of drug-likeness (QED) is 0.482. The molecule has 0 spiro atoms. The molecule has 5 heteroatoms. The Kier molecular flexibility index (Phi) is 5.67. The van der Waals surface area contributed by atoms with E-state index in [0.29, 0.717) is 5.69 Å². The maximum Gasteiger partial charge on any atom is 0.162 e. The summed E-state index contributed by atoms with van der Waals surface area (Å²) in [7, 11) is 1.66. The molecule has 0 atom stereocenters. The fraction of sp³-hybridized carbons (Fsp3) is 0.300. The number of ether oxygens (including phenoxy) is 2. The first-order chi connectivity index (χ1) is 12.3. The van der Waals surface area contributed by atoms with Crippen LogP contribution >= 0.6 is 0 Å². The number of pyridine rings is 1. The van der Waals surface area contributed by atoms with Crippen molar-refractivity contribution >= 4 is 18.4 Å². The molecule has 0 amide bonds. The number of hydrogen-bond acceptors (Lipinski definition) is 5. The summed E-state index contributed by atoms with van der Waals surface area (Å²) in [5.41, 5.74) is 2.40. The van der Waals surface area contributed by atoms with Crippen molar-refractivity contribution in [2.24, 2.45) is 5.16 Å². The largest absolute Gasteiger partial charge is 0.493 e. The Morgan fingerprint density at radius 1 is 1.08 bits per heavy atom. The molecular weight excluding hydrogens is 316 g/mol. The second-order valence-electron chi connectivity index (χ2n) is 6.00. The van der Waals surface area contributed by atoms with Gasteiger partial charge in [0, 0.05) is 0 Å². The summed E-state index contributed by atoms with van der Waals surface area (Å²) in [6.45, 7) is 0. The van der Waals surface area contributed by atoms with E-state index in [4.69, 9.17) is 14.7 Å². The normalized spacial score (nSPS) is 15.2. The lowest BCUT2D eigenvalue weighted by Gasteiger charge is -2.16. The molecule has 1 aromatic heterocycles. The maximum absolute atomic E-state index is 8.60. The van der Waals surface area contributed by atoms with Gasteiger partial charge in [-0.05, 0) is 61.6 Å². The van der Waals surface area contributed by atoms with E-state index in [1.165, 1.54) is 19.1 Å². The van der Waals surface area contributed by atoms with Gasteiger partial charge in [-0.3, -0.25) is 0 Å². The van der Waals surface area contributed by atoms with Crippen LogP contribution in [0, 0.1) is 0 Å². The zero-order chi connectivity index (χ0) is 17.5. The molecule has 0 radical (unpaired) electrons. The molecule has 1 saturated carbocycles. The molecule has 5 nitrogen and oxygen atoms in total. The van der Waals surface area contributed by atoms with Crippen LogP contribution in [0.5, 0.6) is 11.5 Å². The van der Waals surface area contributed by atoms with Crippen molar-refractivity contribution in [3.05, 3.63) is 53.3 Å². The van der Waals surface area contributed by atoms with Crippen LogP contribution in [0.2, 0.25) is 0 Å². The van der Waals surface area contributed by atoms with Gasteiger partial charge in [-0.1, -0.05) is 23.4 Å². The van der Waals surface area contributed by atoms with Gasteiger partial charge in [0.2, 0.25) is 0 Å². The van der Waals surface area contributed by atoms with Crippen LogP contribution in [0.15, 0.2) is 41.6 Å². The highest BCUT2D eigenvalue weighted by Crippen LogP contribution is 2.32. The molecule has 25 heavy (non-hydrogen) atoms. The third kappa shape index (κ3) is 4.59. The van der Waals surface area contributed by atoms with Gasteiger partial charge >= 0.3 is 0 Å². The number of rotatable bonds is 6. The number of oxime groups is 1. The Morgan fingerprint density at radius 2 is 1.88 bits per heavy atom. The van der Waals surface area contributed by atoms with Gasteiger partial charge in [0.15, 0.2) is 11.5 Å². The lowest BCUT2D eigenvalue weighted by atomic mass is 10.1. The van der Waals surface area contributed by atoms with Crippen molar-refractivity contribution < 1.29 is 14.7 Å². The highest BCUT2D eigenvalue weighted by molar-refractivity contribution is 5.77. The summed E-state index contributed by atoms with van der Waals surface area (Å²) in [6.07, 6.45) is 10.1. The van der Waals surface area contributed by atoms with Crippen molar-refractivity contribution in [3.8, 4) is 11.5 Å². The maximum atomic E-state index is 8.60. The van der Waals surface area contributed by atoms with Crippen LogP contribution in [0.25, 0.3) is 12.2 Å². The smallest absolute Gasteiger partial charge is 0.162 e. The highest BCUT2D eigenvalue weighted by Gasteiger charge is 2.18. The van der Waals surface area contributed by atoms with Gasteiger partial charge in [-0.15, -0.1) is 0 Å². The Bertz CT molecular complexity index is 765. The summed E-state index contributed by atoms with van der Waals surface area (Å²) in [4.78, 5) is 4.36. The lowest BCUT2D eigenvalue weighted by molar-refractivity contribution is 0.201. The van der Waals surface area contributed by atoms with Gasteiger partial charge in [0.1, 0.15) is 0 Å². The predicted molar refractivity (Wildman–Crippen MR) is 98.4 cm³/mol. The van der Waals surface area contributed by atoms with Crippen LogP contribution in [0.1, 0.15) is 42.6 Å². The SMILES string of the molecule is COc1ccc(/C=C/c2cccc(/C=N/O)n2)cc1OC1CCCC1. The van der Waals surface area contributed by atoms with Crippen LogP contribution in [-0.4, -0.2) is 29.6 Å². The van der Waals surface area contributed by atoms with E-state index in [0.717, 1.165) is 35.6 Å². The first-order valence-corrected chi connectivity index (χ1v) is 8.46. The van der Waals surface area contributed by atoms with Crippen LogP contribution in [0.3, 0.4) is 0 Å². The van der Waals surface area contributed by atoms with Crippen LogP contribution in [-0.2, 0) is 0 Å². The number of benzene rings is 1. The van der Waals surface area contributed by atoms with Crippen LogP contribution in [0.4, 0.5) is 0 Å².